The van der Waals surface area contributed by atoms with Gasteiger partial charge in [0.05, 0.1) is 17.6 Å². The van der Waals surface area contributed by atoms with E-state index in [1.54, 1.807) is 24.3 Å². The van der Waals surface area contributed by atoms with Gasteiger partial charge in [0.25, 0.3) is 15.9 Å². The lowest BCUT2D eigenvalue weighted by Crippen LogP contribution is -2.39. The van der Waals surface area contributed by atoms with E-state index < -0.39 is 10.0 Å². The summed E-state index contributed by atoms with van der Waals surface area (Å²) < 4.78 is 34.1. The average Bonchev–Trinajstić information content (AvgIpc) is 3.24. The number of thiophene rings is 1. The summed E-state index contributed by atoms with van der Waals surface area (Å²) in [4.78, 5) is 13.6. The summed E-state index contributed by atoms with van der Waals surface area (Å²) >= 11 is 12.6. The highest BCUT2D eigenvalue weighted by Gasteiger charge is 2.22. The molecule has 0 aliphatic heterocycles. The summed E-state index contributed by atoms with van der Waals surface area (Å²) in [7, 11) is -2.46. The number of carbonyl (C=O) groups excluding carboxylic acids is 1. The number of hydrogen-bond acceptors (Lipinski definition) is 6. The van der Waals surface area contributed by atoms with Crippen molar-refractivity contribution in [2.24, 2.45) is 0 Å². The first-order valence-corrected chi connectivity index (χ1v) is 13.9. The number of nitrogens with one attached hydrogen (secondary N) is 3. The summed E-state index contributed by atoms with van der Waals surface area (Å²) in [5.74, 6) is 0.0825. The van der Waals surface area contributed by atoms with Crippen LogP contribution in [0.4, 0.5) is 0 Å². The van der Waals surface area contributed by atoms with Crippen LogP contribution in [-0.4, -0.2) is 39.6 Å². The van der Waals surface area contributed by atoms with Crippen LogP contribution in [0.15, 0.2) is 52.7 Å². The van der Waals surface area contributed by atoms with Crippen LogP contribution in [0.3, 0.4) is 0 Å². The third-order valence-corrected chi connectivity index (χ3v) is 8.08. The number of ether oxygens (including phenoxy) is 1. The third-order valence-electron chi connectivity index (χ3n) is 5.00. The number of halogens is 1. The zero-order chi connectivity index (χ0) is 25.6. The van der Waals surface area contributed by atoms with E-state index in [9.17, 15) is 13.2 Å². The van der Waals surface area contributed by atoms with Gasteiger partial charge in [0.1, 0.15) is 5.75 Å². The highest BCUT2D eigenvalue weighted by atomic mass is 35.5. The normalized spacial score (nSPS) is 11.1. The molecule has 7 nitrogen and oxygen atoms in total. The summed E-state index contributed by atoms with van der Waals surface area (Å²) in [6.45, 7) is 4.57. The number of benzene rings is 2. The van der Waals surface area contributed by atoms with Crippen LogP contribution < -0.4 is 20.1 Å². The molecule has 0 radical (unpaired) electrons. The van der Waals surface area contributed by atoms with Crippen molar-refractivity contribution in [1.29, 1.82) is 0 Å². The average molecular weight is 552 g/mol. The standard InChI is InChI=1S/C24H26ClN3O4S3/c1-4-26-24(33)28-35(30,31)22-12-16(5-7-18(22)21-11-15(2)14-34-21)9-10-27-23(29)19-13-17(25)6-8-20(19)32-3/h5-8,11-14H,4,9-10H2,1-3H3,(H,27,29)(H2,26,28,33). The molecule has 0 saturated carbocycles. The van der Waals surface area contributed by atoms with Crippen LogP contribution in [0.5, 0.6) is 5.75 Å². The van der Waals surface area contributed by atoms with Crippen molar-refractivity contribution in [3.8, 4) is 16.2 Å². The van der Waals surface area contributed by atoms with Crippen LogP contribution in [0.25, 0.3) is 10.4 Å². The lowest BCUT2D eigenvalue weighted by Gasteiger charge is -2.15. The maximum Gasteiger partial charge on any atom is 0.264 e. The highest BCUT2D eigenvalue weighted by molar-refractivity contribution is 7.92. The fourth-order valence-corrected chi connectivity index (χ4v) is 6.22. The van der Waals surface area contributed by atoms with Crippen molar-refractivity contribution in [3.63, 3.8) is 0 Å². The van der Waals surface area contributed by atoms with Gasteiger partial charge < -0.3 is 15.4 Å². The molecule has 0 spiro atoms. The number of carbonyl (C=O) groups is 1. The SMILES string of the molecule is CCNC(=S)NS(=O)(=O)c1cc(CCNC(=O)c2cc(Cl)ccc2OC)ccc1-c1cc(C)cs1. The second-order valence-electron chi connectivity index (χ2n) is 7.63. The van der Waals surface area contributed by atoms with Gasteiger partial charge >= 0.3 is 0 Å². The molecule has 0 unspecified atom stereocenters. The van der Waals surface area contributed by atoms with E-state index in [0.29, 0.717) is 34.9 Å². The Bertz CT molecular complexity index is 1340. The largest absolute Gasteiger partial charge is 0.496 e. The van der Waals surface area contributed by atoms with Gasteiger partial charge in [-0.3, -0.25) is 9.52 Å². The van der Waals surface area contributed by atoms with Gasteiger partial charge in [0.15, 0.2) is 5.11 Å². The molecule has 35 heavy (non-hydrogen) atoms. The molecule has 1 aromatic heterocycles. The minimum absolute atomic E-state index is 0.0361. The van der Waals surface area contributed by atoms with Crippen LogP contribution >= 0.6 is 35.2 Å². The van der Waals surface area contributed by atoms with Crippen molar-refractivity contribution in [1.82, 2.24) is 15.4 Å². The molecule has 11 heteroatoms. The number of sulfonamides is 1. The Balaban J connectivity index is 1.83. The first-order chi connectivity index (χ1) is 16.6. The van der Waals surface area contributed by atoms with Crippen molar-refractivity contribution in [3.05, 3.63) is 69.6 Å². The molecule has 3 N–H and O–H groups in total. The molecule has 2 aromatic carbocycles. The first kappa shape index (κ1) is 26.9. The minimum atomic E-state index is -3.94. The maximum atomic E-state index is 13.2. The smallest absolute Gasteiger partial charge is 0.264 e. The second kappa shape index (κ2) is 11.9. The number of hydrogen-bond donors (Lipinski definition) is 3. The molecule has 0 bridgehead atoms. The number of amides is 1. The quantitative estimate of drug-likeness (QED) is 0.338. The fourth-order valence-electron chi connectivity index (χ4n) is 3.37. The lowest BCUT2D eigenvalue weighted by molar-refractivity contribution is 0.0951. The van der Waals surface area contributed by atoms with Gasteiger partial charge in [0.2, 0.25) is 0 Å². The Morgan fingerprint density at radius 1 is 1.14 bits per heavy atom. The van der Waals surface area contributed by atoms with E-state index in [1.807, 2.05) is 31.4 Å². The zero-order valence-electron chi connectivity index (χ0n) is 19.5. The summed E-state index contributed by atoms with van der Waals surface area (Å²) in [5.41, 5.74) is 2.71. The van der Waals surface area contributed by atoms with Crippen LogP contribution in [-0.2, 0) is 16.4 Å². The van der Waals surface area contributed by atoms with Crippen molar-refractivity contribution in [2.75, 3.05) is 20.2 Å². The van der Waals surface area contributed by atoms with Gasteiger partial charge in [-0.15, -0.1) is 11.3 Å². The Morgan fingerprint density at radius 2 is 1.91 bits per heavy atom. The fraction of sp³-hybridized carbons (Fsp3) is 0.250. The topological polar surface area (TPSA) is 96.5 Å². The van der Waals surface area contributed by atoms with Gasteiger partial charge in [-0.25, -0.2) is 8.42 Å². The predicted molar refractivity (Wildman–Crippen MR) is 145 cm³/mol. The number of thiocarbonyl (C=S) groups is 1. The Labute approximate surface area is 219 Å². The minimum Gasteiger partial charge on any atom is -0.496 e. The Morgan fingerprint density at radius 3 is 2.57 bits per heavy atom. The van der Waals surface area contributed by atoms with E-state index >= 15 is 0 Å². The predicted octanol–water partition coefficient (Wildman–Crippen LogP) is 4.53. The number of aryl methyl sites for hydroxylation is 1. The van der Waals surface area contributed by atoms with Gasteiger partial charge in [-0.2, -0.15) is 0 Å². The number of methoxy groups -OCH3 is 1. The molecule has 1 heterocycles. The molecule has 186 valence electrons. The first-order valence-electron chi connectivity index (χ1n) is 10.8. The molecule has 1 amide bonds. The molecule has 3 aromatic rings. The number of rotatable bonds is 9. The molecular formula is C24H26ClN3O4S3. The monoisotopic (exact) mass is 551 g/mol. The summed E-state index contributed by atoms with van der Waals surface area (Å²) in [6.07, 6.45) is 0.415. The zero-order valence-corrected chi connectivity index (χ0v) is 22.7. The van der Waals surface area contributed by atoms with E-state index in [0.717, 1.165) is 16.0 Å². The van der Waals surface area contributed by atoms with E-state index in [-0.39, 0.29) is 22.5 Å². The molecule has 0 atom stereocenters. The van der Waals surface area contributed by atoms with Gasteiger partial charge in [-0.1, -0.05) is 23.7 Å². The van der Waals surface area contributed by atoms with E-state index in [2.05, 4.69) is 15.4 Å². The van der Waals surface area contributed by atoms with Crippen LogP contribution in [0.2, 0.25) is 5.02 Å². The summed E-state index contributed by atoms with van der Waals surface area (Å²) in [5, 5.41) is 8.06. The Hall–Kier alpha value is -2.66. The van der Waals surface area contributed by atoms with E-state index in [4.69, 9.17) is 28.6 Å². The molecule has 0 aliphatic carbocycles. The van der Waals surface area contributed by atoms with Crippen LogP contribution in [0, 0.1) is 6.92 Å². The molecule has 0 saturated heterocycles. The van der Waals surface area contributed by atoms with Gasteiger partial charge in [-0.05, 0) is 79.3 Å². The van der Waals surface area contributed by atoms with E-state index in [1.165, 1.54) is 24.5 Å². The highest BCUT2D eigenvalue weighted by Crippen LogP contribution is 2.33. The summed E-state index contributed by atoms with van der Waals surface area (Å²) in [6, 6.07) is 12.0. The van der Waals surface area contributed by atoms with Crippen molar-refractivity contribution in [2.45, 2.75) is 25.2 Å². The van der Waals surface area contributed by atoms with Gasteiger partial charge in [0, 0.05) is 28.6 Å². The van der Waals surface area contributed by atoms with Crippen molar-refractivity contribution < 1.29 is 17.9 Å². The molecule has 3 rings (SSSR count). The lowest BCUT2D eigenvalue weighted by atomic mass is 10.1. The maximum absolute atomic E-state index is 13.2. The molecular weight excluding hydrogens is 526 g/mol. The Kier molecular flexibility index (Phi) is 9.12. The van der Waals surface area contributed by atoms with Crippen LogP contribution in [0.1, 0.15) is 28.4 Å². The third kappa shape index (κ3) is 6.94. The second-order valence-corrected chi connectivity index (χ2v) is 11.0. The molecule has 0 fully saturated rings. The van der Waals surface area contributed by atoms with Crippen molar-refractivity contribution >= 4 is 56.2 Å². The molecule has 0 aliphatic rings.